The first-order chi connectivity index (χ1) is 9.15. The lowest BCUT2D eigenvalue weighted by atomic mass is 9.99. The fourth-order valence-electron chi connectivity index (χ4n) is 2.47. The van der Waals surface area contributed by atoms with Gasteiger partial charge in [-0.05, 0) is 49.5 Å². The number of anilines is 1. The van der Waals surface area contributed by atoms with Crippen LogP contribution in [0.4, 0.5) is 5.69 Å². The molecule has 1 fully saturated rings. The Balaban J connectivity index is 1.82. The molecule has 1 aliphatic rings. The zero-order chi connectivity index (χ0) is 13.7. The molecule has 0 bridgehead atoms. The number of hydrogen-bond donors (Lipinski definition) is 0. The molecule has 0 aromatic heterocycles. The van der Waals surface area contributed by atoms with Crippen molar-refractivity contribution in [3.8, 4) is 0 Å². The smallest absolute Gasteiger partial charge is 0.0361 e. The van der Waals surface area contributed by atoms with E-state index in [1.807, 2.05) is 0 Å². The molecule has 2 heteroatoms. The van der Waals surface area contributed by atoms with Crippen LogP contribution >= 0.6 is 0 Å². The van der Waals surface area contributed by atoms with Crippen LogP contribution in [-0.4, -0.2) is 38.6 Å². The van der Waals surface area contributed by atoms with Gasteiger partial charge in [0.05, 0.1) is 0 Å². The van der Waals surface area contributed by atoms with Crippen molar-refractivity contribution in [3.05, 3.63) is 35.9 Å². The number of benzene rings is 1. The van der Waals surface area contributed by atoms with Crippen LogP contribution < -0.4 is 4.90 Å². The second-order valence-corrected chi connectivity index (χ2v) is 5.87. The summed E-state index contributed by atoms with van der Waals surface area (Å²) in [7, 11) is 4.14. The van der Waals surface area contributed by atoms with E-state index in [0.717, 1.165) is 12.5 Å². The van der Waals surface area contributed by atoms with Crippen LogP contribution in [0.1, 0.15) is 25.3 Å². The van der Waals surface area contributed by atoms with E-state index in [1.165, 1.54) is 37.2 Å². The van der Waals surface area contributed by atoms with Gasteiger partial charge >= 0.3 is 0 Å². The van der Waals surface area contributed by atoms with Crippen molar-refractivity contribution in [1.29, 1.82) is 0 Å². The molecule has 1 saturated heterocycles. The van der Waals surface area contributed by atoms with Crippen molar-refractivity contribution in [2.45, 2.75) is 19.8 Å². The standard InChI is InChI=1S/C17H26N2/c1-15-10-13-19(14-11-15)12-4-5-16-6-8-17(9-7-16)18(2)3/h4-9,15H,10-14H2,1-3H3. The minimum absolute atomic E-state index is 0.916. The Kier molecular flexibility index (Phi) is 5.03. The minimum atomic E-state index is 0.916. The molecule has 1 aliphatic heterocycles. The number of rotatable bonds is 4. The van der Waals surface area contributed by atoms with Gasteiger partial charge in [-0.1, -0.05) is 31.2 Å². The summed E-state index contributed by atoms with van der Waals surface area (Å²) in [6.07, 6.45) is 7.23. The molecule has 2 rings (SSSR count). The van der Waals surface area contributed by atoms with Gasteiger partial charge in [-0.3, -0.25) is 4.90 Å². The summed E-state index contributed by atoms with van der Waals surface area (Å²) in [5.41, 5.74) is 2.54. The summed E-state index contributed by atoms with van der Waals surface area (Å²) >= 11 is 0. The van der Waals surface area contributed by atoms with Crippen molar-refractivity contribution < 1.29 is 0 Å². The van der Waals surface area contributed by atoms with Gasteiger partial charge in [-0.2, -0.15) is 0 Å². The van der Waals surface area contributed by atoms with E-state index in [0.29, 0.717) is 0 Å². The van der Waals surface area contributed by atoms with Gasteiger partial charge in [0, 0.05) is 26.3 Å². The van der Waals surface area contributed by atoms with E-state index in [9.17, 15) is 0 Å². The summed E-state index contributed by atoms with van der Waals surface area (Å²) in [5.74, 6) is 0.916. The summed E-state index contributed by atoms with van der Waals surface area (Å²) in [5, 5.41) is 0. The molecular formula is C17H26N2. The molecule has 1 heterocycles. The Morgan fingerprint density at radius 2 is 1.79 bits per heavy atom. The molecule has 104 valence electrons. The number of piperidine rings is 1. The fraction of sp³-hybridized carbons (Fsp3) is 0.529. The monoisotopic (exact) mass is 258 g/mol. The number of likely N-dealkylation sites (tertiary alicyclic amines) is 1. The zero-order valence-electron chi connectivity index (χ0n) is 12.5. The highest BCUT2D eigenvalue weighted by Gasteiger charge is 2.13. The molecule has 0 radical (unpaired) electrons. The highest BCUT2D eigenvalue weighted by Crippen LogP contribution is 2.16. The maximum absolute atomic E-state index is 2.55. The van der Waals surface area contributed by atoms with Gasteiger partial charge in [-0.25, -0.2) is 0 Å². The van der Waals surface area contributed by atoms with Crippen molar-refractivity contribution in [2.24, 2.45) is 5.92 Å². The first-order valence-electron chi connectivity index (χ1n) is 7.31. The fourth-order valence-corrected chi connectivity index (χ4v) is 2.47. The molecule has 0 N–H and O–H groups in total. The molecule has 1 aromatic rings. The predicted octanol–water partition coefficient (Wildman–Crippen LogP) is 3.50. The van der Waals surface area contributed by atoms with E-state index >= 15 is 0 Å². The highest BCUT2D eigenvalue weighted by atomic mass is 15.1. The topological polar surface area (TPSA) is 6.48 Å². The van der Waals surface area contributed by atoms with Gasteiger partial charge in [0.15, 0.2) is 0 Å². The lowest BCUT2D eigenvalue weighted by Gasteiger charge is -2.29. The van der Waals surface area contributed by atoms with E-state index in [1.54, 1.807) is 0 Å². The maximum Gasteiger partial charge on any atom is 0.0361 e. The van der Waals surface area contributed by atoms with Gasteiger partial charge in [0.1, 0.15) is 0 Å². The average Bonchev–Trinajstić information content (AvgIpc) is 2.41. The molecule has 0 amide bonds. The molecular weight excluding hydrogens is 232 g/mol. The minimum Gasteiger partial charge on any atom is -0.378 e. The van der Waals surface area contributed by atoms with Crippen molar-refractivity contribution in [2.75, 3.05) is 38.6 Å². The Bertz CT molecular complexity index is 398. The van der Waals surface area contributed by atoms with Crippen LogP contribution in [0, 0.1) is 5.92 Å². The zero-order valence-corrected chi connectivity index (χ0v) is 12.5. The molecule has 0 saturated carbocycles. The van der Waals surface area contributed by atoms with Gasteiger partial charge < -0.3 is 4.90 Å². The number of hydrogen-bond acceptors (Lipinski definition) is 2. The Hall–Kier alpha value is -1.28. The second-order valence-electron chi connectivity index (χ2n) is 5.87. The third kappa shape index (κ3) is 4.39. The lowest BCUT2D eigenvalue weighted by Crippen LogP contribution is -2.32. The third-order valence-corrected chi connectivity index (χ3v) is 3.96. The van der Waals surface area contributed by atoms with Crippen molar-refractivity contribution in [3.63, 3.8) is 0 Å². The summed E-state index contributed by atoms with van der Waals surface area (Å²) in [4.78, 5) is 4.67. The average molecular weight is 258 g/mol. The summed E-state index contributed by atoms with van der Waals surface area (Å²) in [6, 6.07) is 8.71. The SMILES string of the molecule is CC1CCN(CC=Cc2ccc(N(C)C)cc2)CC1. The van der Waals surface area contributed by atoms with E-state index in [4.69, 9.17) is 0 Å². The molecule has 0 unspecified atom stereocenters. The molecule has 19 heavy (non-hydrogen) atoms. The van der Waals surface area contributed by atoms with Crippen molar-refractivity contribution in [1.82, 2.24) is 4.90 Å². The molecule has 1 aromatic carbocycles. The van der Waals surface area contributed by atoms with Crippen LogP contribution in [0.15, 0.2) is 30.3 Å². The normalized spacial score (nSPS) is 18.1. The van der Waals surface area contributed by atoms with Crippen LogP contribution in [0.5, 0.6) is 0 Å². The first-order valence-corrected chi connectivity index (χ1v) is 7.31. The molecule has 0 aliphatic carbocycles. The molecule has 0 spiro atoms. The van der Waals surface area contributed by atoms with Gasteiger partial charge in [-0.15, -0.1) is 0 Å². The largest absolute Gasteiger partial charge is 0.378 e. The van der Waals surface area contributed by atoms with Gasteiger partial charge in [0.2, 0.25) is 0 Å². The van der Waals surface area contributed by atoms with Gasteiger partial charge in [0.25, 0.3) is 0 Å². The first kappa shape index (κ1) is 14.1. The Morgan fingerprint density at radius 3 is 2.37 bits per heavy atom. The molecule has 2 nitrogen and oxygen atoms in total. The lowest BCUT2D eigenvalue weighted by molar-refractivity contribution is 0.210. The van der Waals surface area contributed by atoms with E-state index < -0.39 is 0 Å². The third-order valence-electron chi connectivity index (χ3n) is 3.96. The van der Waals surface area contributed by atoms with Crippen molar-refractivity contribution >= 4 is 11.8 Å². The second kappa shape index (κ2) is 6.76. The summed E-state index contributed by atoms with van der Waals surface area (Å²) in [6.45, 7) is 5.96. The van der Waals surface area contributed by atoms with E-state index in [-0.39, 0.29) is 0 Å². The summed E-state index contributed by atoms with van der Waals surface area (Å²) < 4.78 is 0. The van der Waals surface area contributed by atoms with E-state index in [2.05, 4.69) is 67.2 Å². The maximum atomic E-state index is 2.55. The van der Waals surface area contributed by atoms with Crippen LogP contribution in [0.25, 0.3) is 6.08 Å². The Morgan fingerprint density at radius 1 is 1.16 bits per heavy atom. The highest BCUT2D eigenvalue weighted by molar-refractivity contribution is 5.55. The quantitative estimate of drug-likeness (QED) is 0.815. The van der Waals surface area contributed by atoms with Crippen LogP contribution in [0.2, 0.25) is 0 Å². The number of nitrogens with zero attached hydrogens (tertiary/aromatic N) is 2. The van der Waals surface area contributed by atoms with Crippen LogP contribution in [0.3, 0.4) is 0 Å². The predicted molar refractivity (Wildman–Crippen MR) is 84.6 cm³/mol. The van der Waals surface area contributed by atoms with Crippen LogP contribution in [-0.2, 0) is 0 Å². The Labute approximate surface area is 117 Å². The molecule has 0 atom stereocenters.